The van der Waals surface area contributed by atoms with E-state index in [0.29, 0.717) is 13.1 Å². The number of carbonyl (C=O) groups is 2. The molecule has 25 heavy (non-hydrogen) atoms. The summed E-state index contributed by atoms with van der Waals surface area (Å²) in [6, 6.07) is 4.10. The number of carbonyl (C=O) groups excluding carboxylic acids is 2. The van der Waals surface area contributed by atoms with Crippen molar-refractivity contribution in [3.05, 3.63) is 22.4 Å². The van der Waals surface area contributed by atoms with E-state index in [2.05, 4.69) is 15.1 Å². The molecule has 1 aliphatic heterocycles. The molecule has 1 aliphatic rings. The van der Waals surface area contributed by atoms with Gasteiger partial charge in [-0.05, 0) is 32.2 Å². The van der Waals surface area contributed by atoms with Crippen molar-refractivity contribution >= 4 is 23.2 Å². The molecular weight excluding hydrogens is 336 g/mol. The van der Waals surface area contributed by atoms with E-state index in [9.17, 15) is 9.59 Å². The molecule has 1 N–H and O–H groups in total. The predicted octanol–water partition coefficient (Wildman–Crippen LogP) is 1.41. The Balaban J connectivity index is 1.69. The molecule has 0 aliphatic carbocycles. The summed E-state index contributed by atoms with van der Waals surface area (Å²) in [4.78, 5) is 31.8. The monoisotopic (exact) mass is 366 g/mol. The fourth-order valence-corrected chi connectivity index (χ4v) is 3.81. The third kappa shape index (κ3) is 6.09. The van der Waals surface area contributed by atoms with Gasteiger partial charge in [-0.1, -0.05) is 6.07 Å². The first-order valence-corrected chi connectivity index (χ1v) is 9.96. The molecule has 7 heteroatoms. The van der Waals surface area contributed by atoms with Crippen LogP contribution in [-0.2, 0) is 9.59 Å². The molecule has 0 saturated carbocycles. The third-order valence-corrected chi connectivity index (χ3v) is 5.71. The fourth-order valence-electron chi connectivity index (χ4n) is 3.07. The Morgan fingerprint density at radius 1 is 1.16 bits per heavy atom. The second-order valence-electron chi connectivity index (χ2n) is 6.42. The normalized spacial score (nSPS) is 17.2. The average molecular weight is 367 g/mol. The summed E-state index contributed by atoms with van der Waals surface area (Å²) in [5, 5.41) is 5.08. The van der Waals surface area contributed by atoms with Crippen molar-refractivity contribution in [2.24, 2.45) is 0 Å². The number of hydrogen-bond acceptors (Lipinski definition) is 5. The van der Waals surface area contributed by atoms with Gasteiger partial charge in [0, 0.05) is 44.1 Å². The van der Waals surface area contributed by atoms with E-state index in [4.69, 9.17) is 0 Å². The first kappa shape index (κ1) is 19.9. The minimum atomic E-state index is 0.0560. The van der Waals surface area contributed by atoms with Crippen molar-refractivity contribution in [1.29, 1.82) is 0 Å². The van der Waals surface area contributed by atoms with E-state index >= 15 is 0 Å². The zero-order valence-electron chi connectivity index (χ0n) is 15.5. The second-order valence-corrected chi connectivity index (χ2v) is 7.40. The van der Waals surface area contributed by atoms with Gasteiger partial charge in [-0.15, -0.1) is 11.3 Å². The number of amides is 2. The maximum atomic E-state index is 12.2. The SMILES string of the molecule is CCN(CC)C(=O)CN1CCN(CC(=O)NC(C)c2cccs2)CC1. The van der Waals surface area contributed by atoms with Crippen molar-refractivity contribution in [2.75, 3.05) is 52.4 Å². The molecule has 6 nitrogen and oxygen atoms in total. The van der Waals surface area contributed by atoms with E-state index in [1.165, 1.54) is 4.88 Å². The molecular formula is C18H30N4O2S. The largest absolute Gasteiger partial charge is 0.348 e. The first-order valence-electron chi connectivity index (χ1n) is 9.08. The topological polar surface area (TPSA) is 55.9 Å². The van der Waals surface area contributed by atoms with Gasteiger partial charge in [-0.3, -0.25) is 19.4 Å². The highest BCUT2D eigenvalue weighted by atomic mass is 32.1. The average Bonchev–Trinajstić information content (AvgIpc) is 3.12. The van der Waals surface area contributed by atoms with Gasteiger partial charge >= 0.3 is 0 Å². The van der Waals surface area contributed by atoms with Crippen molar-refractivity contribution in [3.8, 4) is 0 Å². The summed E-state index contributed by atoms with van der Waals surface area (Å²) in [5.41, 5.74) is 0. The standard InChI is InChI=1S/C18H30N4O2S/c1-4-22(5-2)18(24)14-21-10-8-20(9-11-21)13-17(23)19-15(3)16-7-6-12-25-16/h6-7,12,15H,4-5,8-11,13-14H2,1-3H3,(H,19,23). The lowest BCUT2D eigenvalue weighted by atomic mass is 10.2. The van der Waals surface area contributed by atoms with Gasteiger partial charge in [0.2, 0.25) is 11.8 Å². The molecule has 0 spiro atoms. The molecule has 1 saturated heterocycles. The number of nitrogens with zero attached hydrogens (tertiary/aromatic N) is 3. The van der Waals surface area contributed by atoms with Gasteiger partial charge in [-0.25, -0.2) is 0 Å². The summed E-state index contributed by atoms with van der Waals surface area (Å²) in [6.07, 6.45) is 0. The van der Waals surface area contributed by atoms with Crippen LogP contribution in [0.3, 0.4) is 0 Å². The van der Waals surface area contributed by atoms with E-state index in [0.717, 1.165) is 39.3 Å². The summed E-state index contributed by atoms with van der Waals surface area (Å²) in [5.74, 6) is 0.259. The van der Waals surface area contributed by atoms with Crippen LogP contribution in [0.15, 0.2) is 17.5 Å². The fraction of sp³-hybridized carbons (Fsp3) is 0.667. The molecule has 0 radical (unpaired) electrons. The van der Waals surface area contributed by atoms with Crippen molar-refractivity contribution in [1.82, 2.24) is 20.0 Å². The van der Waals surface area contributed by atoms with E-state index in [-0.39, 0.29) is 17.9 Å². The highest BCUT2D eigenvalue weighted by Crippen LogP contribution is 2.17. The number of nitrogens with one attached hydrogen (secondary N) is 1. The summed E-state index contributed by atoms with van der Waals surface area (Å²) < 4.78 is 0. The lowest BCUT2D eigenvalue weighted by Crippen LogP contribution is -2.52. The van der Waals surface area contributed by atoms with Crippen LogP contribution in [0.2, 0.25) is 0 Å². The Kier molecular flexibility index (Phi) is 7.87. The molecule has 0 bridgehead atoms. The Morgan fingerprint density at radius 2 is 1.76 bits per heavy atom. The second kappa shape index (κ2) is 9.89. The van der Waals surface area contributed by atoms with Gasteiger partial charge in [-0.2, -0.15) is 0 Å². The van der Waals surface area contributed by atoms with Crippen LogP contribution >= 0.6 is 11.3 Å². The van der Waals surface area contributed by atoms with E-state index < -0.39 is 0 Å². The zero-order chi connectivity index (χ0) is 18.2. The molecule has 0 aromatic carbocycles. The maximum Gasteiger partial charge on any atom is 0.236 e. The van der Waals surface area contributed by atoms with Crippen molar-refractivity contribution in [2.45, 2.75) is 26.8 Å². The molecule has 1 fully saturated rings. The van der Waals surface area contributed by atoms with Gasteiger partial charge < -0.3 is 10.2 Å². The minimum absolute atomic E-state index is 0.0560. The molecule has 1 aromatic heterocycles. The van der Waals surface area contributed by atoms with Gasteiger partial charge in [0.25, 0.3) is 0 Å². The Labute approximate surface area is 154 Å². The van der Waals surface area contributed by atoms with Crippen molar-refractivity contribution < 1.29 is 9.59 Å². The molecule has 1 aromatic rings. The number of likely N-dealkylation sites (N-methyl/N-ethyl adjacent to an activating group) is 1. The highest BCUT2D eigenvalue weighted by Gasteiger charge is 2.22. The number of rotatable bonds is 8. The third-order valence-electron chi connectivity index (χ3n) is 4.65. The molecule has 2 rings (SSSR count). The lowest BCUT2D eigenvalue weighted by molar-refractivity contribution is -0.133. The van der Waals surface area contributed by atoms with E-state index in [1.54, 1.807) is 11.3 Å². The summed E-state index contributed by atoms with van der Waals surface area (Å²) in [7, 11) is 0. The quantitative estimate of drug-likeness (QED) is 0.756. The van der Waals surface area contributed by atoms with Crippen LogP contribution in [0.5, 0.6) is 0 Å². The molecule has 1 unspecified atom stereocenters. The maximum absolute atomic E-state index is 12.2. The number of thiophene rings is 1. The molecule has 2 amide bonds. The minimum Gasteiger partial charge on any atom is -0.348 e. The van der Waals surface area contributed by atoms with Crippen LogP contribution < -0.4 is 5.32 Å². The lowest BCUT2D eigenvalue weighted by Gasteiger charge is -2.35. The highest BCUT2D eigenvalue weighted by molar-refractivity contribution is 7.10. The van der Waals surface area contributed by atoms with Gasteiger partial charge in [0.15, 0.2) is 0 Å². The number of hydrogen-bond donors (Lipinski definition) is 1. The smallest absolute Gasteiger partial charge is 0.236 e. The predicted molar refractivity (Wildman–Crippen MR) is 102 cm³/mol. The number of piperazine rings is 1. The van der Waals surface area contributed by atoms with Crippen molar-refractivity contribution in [3.63, 3.8) is 0 Å². The molecule has 2 heterocycles. The van der Waals surface area contributed by atoms with Crippen LogP contribution in [0.25, 0.3) is 0 Å². The van der Waals surface area contributed by atoms with Crippen LogP contribution in [0.4, 0.5) is 0 Å². The van der Waals surface area contributed by atoms with Crippen LogP contribution in [-0.4, -0.2) is 78.9 Å². The zero-order valence-corrected chi connectivity index (χ0v) is 16.3. The Morgan fingerprint density at radius 3 is 2.28 bits per heavy atom. The first-order chi connectivity index (χ1) is 12.0. The Hall–Kier alpha value is -1.44. The van der Waals surface area contributed by atoms with E-state index in [1.807, 2.05) is 43.2 Å². The van der Waals surface area contributed by atoms with Gasteiger partial charge in [0.05, 0.1) is 19.1 Å². The van der Waals surface area contributed by atoms with Crippen LogP contribution in [0, 0.1) is 0 Å². The Bertz CT molecular complexity index is 537. The molecule has 140 valence electrons. The van der Waals surface area contributed by atoms with Crippen LogP contribution in [0.1, 0.15) is 31.7 Å². The molecule has 1 atom stereocenters. The van der Waals surface area contributed by atoms with Gasteiger partial charge in [0.1, 0.15) is 0 Å². The summed E-state index contributed by atoms with van der Waals surface area (Å²) in [6.45, 7) is 11.8. The summed E-state index contributed by atoms with van der Waals surface area (Å²) >= 11 is 1.66.